The van der Waals surface area contributed by atoms with Gasteiger partial charge in [0, 0.05) is 47.6 Å². The summed E-state index contributed by atoms with van der Waals surface area (Å²) in [5.41, 5.74) is 5.36. The average Bonchev–Trinajstić information content (AvgIpc) is 3.47. The Morgan fingerprint density at radius 3 is 3.00 bits per heavy atom. The molecule has 3 atom stereocenters. The van der Waals surface area contributed by atoms with Gasteiger partial charge in [0.25, 0.3) is 5.91 Å². The minimum atomic E-state index is -0.653. The summed E-state index contributed by atoms with van der Waals surface area (Å²) in [6, 6.07) is 12.3. The molecule has 1 saturated heterocycles. The summed E-state index contributed by atoms with van der Waals surface area (Å²) in [5.74, 6) is -0.278. The molecule has 0 unspecified atom stereocenters. The Hall–Kier alpha value is -3.29. The van der Waals surface area contributed by atoms with E-state index in [-0.39, 0.29) is 12.0 Å². The molecule has 5 rings (SSSR count). The number of amides is 1. The number of hydrogen-bond donors (Lipinski definition) is 2. The Bertz CT molecular complexity index is 1470. The lowest BCUT2D eigenvalue weighted by atomic mass is 10.1. The molecule has 1 amide bonds. The Morgan fingerprint density at radius 1 is 1.32 bits per heavy atom. The fraction of sp³-hybridized carbons (Fsp3) is 0.393. The van der Waals surface area contributed by atoms with Gasteiger partial charge in [-0.2, -0.15) is 5.26 Å². The molecular weight excluding hydrogens is 486 g/mol. The molecule has 1 aliphatic heterocycles. The molecule has 1 aromatic carbocycles. The lowest BCUT2D eigenvalue weighted by Gasteiger charge is -2.25. The fourth-order valence-corrected chi connectivity index (χ4v) is 5.87. The summed E-state index contributed by atoms with van der Waals surface area (Å²) in [6.45, 7) is 5.56. The number of methoxy groups -OCH3 is 1. The predicted molar refractivity (Wildman–Crippen MR) is 145 cm³/mol. The Kier molecular flexibility index (Phi) is 7.53. The third kappa shape index (κ3) is 5.68. The molecular formula is C28H31N5O3S. The van der Waals surface area contributed by atoms with E-state index in [1.165, 1.54) is 0 Å². The zero-order valence-corrected chi connectivity index (χ0v) is 22.1. The molecule has 2 N–H and O–H groups in total. The van der Waals surface area contributed by atoms with Crippen molar-refractivity contribution in [3.8, 4) is 17.2 Å². The van der Waals surface area contributed by atoms with Crippen molar-refractivity contribution in [3.63, 3.8) is 0 Å². The first-order chi connectivity index (χ1) is 17.9. The first kappa shape index (κ1) is 25.4. The Morgan fingerprint density at radius 2 is 2.19 bits per heavy atom. The summed E-state index contributed by atoms with van der Waals surface area (Å²) >= 11 is 1.65. The number of fused-ring (bicyclic) bond motifs is 2. The first-order valence-electron chi connectivity index (χ1n) is 12.5. The molecule has 1 aliphatic rings. The number of thiophene rings is 1. The van der Waals surface area contributed by atoms with Crippen LogP contribution in [0.1, 0.15) is 22.7 Å². The van der Waals surface area contributed by atoms with Gasteiger partial charge in [-0.15, -0.1) is 11.3 Å². The van der Waals surface area contributed by atoms with Crippen LogP contribution in [0, 0.1) is 25.2 Å². The zero-order valence-electron chi connectivity index (χ0n) is 21.3. The molecule has 4 aromatic rings. The van der Waals surface area contributed by atoms with E-state index in [0.29, 0.717) is 19.6 Å². The number of nitrogens with one attached hydrogen (secondary N) is 2. The molecule has 0 bridgehead atoms. The van der Waals surface area contributed by atoms with Gasteiger partial charge in [0.05, 0.1) is 35.7 Å². The minimum absolute atomic E-state index is 0.0477. The summed E-state index contributed by atoms with van der Waals surface area (Å²) in [5, 5.41) is 17.0. The molecule has 3 aromatic heterocycles. The molecule has 9 heteroatoms. The molecule has 0 spiro atoms. The number of nitriles is 1. The van der Waals surface area contributed by atoms with E-state index in [9.17, 15) is 10.1 Å². The minimum Gasteiger partial charge on any atom is -0.379 e. The molecule has 1 fully saturated rings. The lowest BCUT2D eigenvalue weighted by molar-refractivity contribution is -0.136. The summed E-state index contributed by atoms with van der Waals surface area (Å²) in [6.07, 6.45) is 4.74. The first-order valence-corrected chi connectivity index (χ1v) is 13.3. The van der Waals surface area contributed by atoms with Gasteiger partial charge in [0.2, 0.25) is 0 Å². The maximum Gasteiger partial charge on any atom is 0.251 e. The van der Waals surface area contributed by atoms with Crippen molar-refractivity contribution in [2.45, 2.75) is 44.9 Å². The van der Waals surface area contributed by atoms with E-state index in [1.807, 2.05) is 20.0 Å². The number of ether oxygens (including phenoxy) is 2. The largest absolute Gasteiger partial charge is 0.379 e. The van der Waals surface area contributed by atoms with Crippen molar-refractivity contribution in [1.82, 2.24) is 20.0 Å². The average molecular weight is 518 g/mol. The van der Waals surface area contributed by atoms with Crippen LogP contribution >= 0.6 is 11.3 Å². The lowest BCUT2D eigenvalue weighted by Crippen LogP contribution is -2.49. The van der Waals surface area contributed by atoms with Gasteiger partial charge < -0.3 is 24.5 Å². The van der Waals surface area contributed by atoms with Gasteiger partial charge >= 0.3 is 0 Å². The number of benzene rings is 1. The van der Waals surface area contributed by atoms with Gasteiger partial charge in [-0.1, -0.05) is 6.07 Å². The van der Waals surface area contributed by atoms with E-state index in [0.717, 1.165) is 56.0 Å². The number of carbonyl (C=O) groups excluding carboxylic acids is 1. The van der Waals surface area contributed by atoms with Crippen LogP contribution in [-0.2, 0) is 20.7 Å². The van der Waals surface area contributed by atoms with Crippen molar-refractivity contribution >= 4 is 32.8 Å². The number of hydrogen-bond acceptors (Lipinski definition) is 7. The van der Waals surface area contributed by atoms with E-state index in [1.54, 1.807) is 18.4 Å². The van der Waals surface area contributed by atoms with Crippen LogP contribution in [0.25, 0.3) is 26.7 Å². The van der Waals surface area contributed by atoms with Crippen molar-refractivity contribution in [3.05, 3.63) is 59.0 Å². The van der Waals surface area contributed by atoms with Gasteiger partial charge in [-0.3, -0.25) is 9.78 Å². The molecule has 8 nitrogen and oxygen atoms in total. The highest BCUT2D eigenvalue weighted by molar-refractivity contribution is 7.19. The number of rotatable bonds is 6. The normalized spacial score (nSPS) is 19.3. The second-order valence-electron chi connectivity index (χ2n) is 9.52. The van der Waals surface area contributed by atoms with Crippen LogP contribution in [0.15, 0.2) is 42.7 Å². The molecule has 0 aliphatic carbocycles. The smallest absolute Gasteiger partial charge is 0.251 e. The number of aryl methyl sites for hydroxylation is 2. The quantitative estimate of drug-likeness (QED) is 0.404. The summed E-state index contributed by atoms with van der Waals surface area (Å²) in [7, 11) is 1.64. The van der Waals surface area contributed by atoms with Gasteiger partial charge in [0.15, 0.2) is 0 Å². The predicted octanol–water partition coefficient (Wildman–Crippen LogP) is 3.78. The van der Waals surface area contributed by atoms with Gasteiger partial charge in [0.1, 0.15) is 12.1 Å². The van der Waals surface area contributed by atoms with E-state index in [2.05, 4.69) is 62.6 Å². The maximum atomic E-state index is 12.8. The van der Waals surface area contributed by atoms with Crippen molar-refractivity contribution in [2.24, 2.45) is 0 Å². The van der Waals surface area contributed by atoms with Crippen LogP contribution in [0.5, 0.6) is 0 Å². The Balaban J connectivity index is 1.29. The summed E-state index contributed by atoms with van der Waals surface area (Å²) < 4.78 is 14.4. The highest BCUT2D eigenvalue weighted by Gasteiger charge is 2.25. The summed E-state index contributed by atoms with van der Waals surface area (Å²) in [4.78, 5) is 18.5. The van der Waals surface area contributed by atoms with Crippen LogP contribution in [0.2, 0.25) is 0 Å². The van der Waals surface area contributed by atoms with Gasteiger partial charge in [-0.05, 0) is 62.0 Å². The van der Waals surface area contributed by atoms with Crippen molar-refractivity contribution in [1.29, 1.82) is 5.26 Å². The van der Waals surface area contributed by atoms with Crippen LogP contribution < -0.4 is 10.6 Å². The number of aromatic nitrogens is 2. The maximum absolute atomic E-state index is 12.8. The van der Waals surface area contributed by atoms with Crippen LogP contribution in [0.3, 0.4) is 0 Å². The number of carbonyl (C=O) groups is 1. The Labute approximate surface area is 220 Å². The monoisotopic (exact) mass is 517 g/mol. The van der Waals surface area contributed by atoms with E-state index >= 15 is 0 Å². The van der Waals surface area contributed by atoms with Crippen molar-refractivity contribution in [2.75, 3.05) is 26.8 Å². The SMILES string of the molecule is CO[C@@H]1CCNC[C@@H](C(=O)N[C@H](C#N)Cc2cc3cc(-c4cc5c(C)nc(C)cn5c4)ccc3s2)OC1. The fourth-order valence-electron chi connectivity index (χ4n) is 4.78. The number of nitrogens with zero attached hydrogens (tertiary/aromatic N) is 3. The second-order valence-corrected chi connectivity index (χ2v) is 10.7. The van der Waals surface area contributed by atoms with Crippen molar-refractivity contribution < 1.29 is 14.3 Å². The third-order valence-electron chi connectivity index (χ3n) is 6.75. The zero-order chi connectivity index (χ0) is 25.9. The van der Waals surface area contributed by atoms with Crippen LogP contribution in [0.4, 0.5) is 0 Å². The topological polar surface area (TPSA) is 101 Å². The molecule has 37 heavy (non-hydrogen) atoms. The van der Waals surface area contributed by atoms with Gasteiger partial charge in [-0.25, -0.2) is 0 Å². The molecule has 4 heterocycles. The standard InChI is InChI=1S/C28H31N5O3S/c1-17-14-33-15-21(10-25(33)18(2)31-17)19-4-5-27-20(8-19)9-24(37-27)11-22(12-29)32-28(34)26-13-30-7-6-23(35-3)16-36-26/h4-5,8-10,14-15,22-23,26,30H,6-7,11,13,16H2,1-3H3,(H,32,34)/t22-,23+,26-/m0/s1. The van der Waals surface area contributed by atoms with E-state index < -0.39 is 12.1 Å². The van der Waals surface area contributed by atoms with Crippen LogP contribution in [-0.4, -0.2) is 60.3 Å². The molecule has 0 saturated carbocycles. The highest BCUT2D eigenvalue weighted by Crippen LogP contribution is 2.32. The second kappa shape index (κ2) is 11.0. The van der Waals surface area contributed by atoms with E-state index in [4.69, 9.17) is 9.47 Å². The third-order valence-corrected chi connectivity index (χ3v) is 7.89. The molecule has 192 valence electrons. The molecule has 0 radical (unpaired) electrons. The highest BCUT2D eigenvalue weighted by atomic mass is 32.1.